The van der Waals surface area contributed by atoms with Gasteiger partial charge in [0.1, 0.15) is 6.54 Å². The van der Waals surface area contributed by atoms with Gasteiger partial charge in [0, 0.05) is 23.9 Å². The van der Waals surface area contributed by atoms with E-state index < -0.39 is 0 Å². The van der Waals surface area contributed by atoms with Crippen LogP contribution in [0.4, 0.5) is 5.69 Å². The number of anilines is 1. The summed E-state index contributed by atoms with van der Waals surface area (Å²) in [5.41, 5.74) is 2.89. The fourth-order valence-corrected chi connectivity index (χ4v) is 2.50. The van der Waals surface area contributed by atoms with Crippen LogP contribution in [-0.2, 0) is 11.3 Å². The number of carbonyl (C=O) groups is 2. The molecule has 0 aromatic heterocycles. The zero-order chi connectivity index (χ0) is 19.1. The van der Waals surface area contributed by atoms with Crippen LogP contribution < -0.4 is 15.5 Å². The predicted octanol–water partition coefficient (Wildman–Crippen LogP) is 0.960. The monoisotopic (exact) mass is 351 g/mol. The number of nitrogens with one attached hydrogen (secondary N) is 3. The number of rotatable bonds is 6. The van der Waals surface area contributed by atoms with E-state index in [4.69, 9.17) is 5.26 Å². The standard InChI is InChI=1S/C20H22N4O2/c1-14(19(25)23-18-10-6-15(12-21)7-11-18)24(3)13-16-4-8-17(9-5-16)20(26)22-2/h4-11,14H,13H2,1-3H3,(H,22,26)(H,23,25)/p+1/t14-/m0/s1. The first-order valence-electron chi connectivity index (χ1n) is 8.39. The topological polar surface area (TPSA) is 86.4 Å². The van der Waals surface area contributed by atoms with Gasteiger partial charge in [0.25, 0.3) is 11.8 Å². The van der Waals surface area contributed by atoms with E-state index in [9.17, 15) is 9.59 Å². The van der Waals surface area contributed by atoms with Crippen molar-refractivity contribution in [3.63, 3.8) is 0 Å². The summed E-state index contributed by atoms with van der Waals surface area (Å²) in [6, 6.07) is 15.9. The van der Waals surface area contributed by atoms with Crippen molar-refractivity contribution in [1.82, 2.24) is 5.32 Å². The van der Waals surface area contributed by atoms with Gasteiger partial charge in [-0.2, -0.15) is 5.26 Å². The maximum Gasteiger partial charge on any atom is 0.282 e. The molecular weight excluding hydrogens is 328 g/mol. The number of carbonyl (C=O) groups excluding carboxylic acids is 2. The third-order valence-electron chi connectivity index (χ3n) is 4.34. The first-order valence-corrected chi connectivity index (χ1v) is 8.39. The van der Waals surface area contributed by atoms with Gasteiger partial charge >= 0.3 is 0 Å². The first-order chi connectivity index (χ1) is 12.4. The van der Waals surface area contributed by atoms with E-state index in [0.717, 1.165) is 10.5 Å². The average molecular weight is 351 g/mol. The predicted molar refractivity (Wildman–Crippen MR) is 99.7 cm³/mol. The zero-order valence-electron chi connectivity index (χ0n) is 15.2. The van der Waals surface area contributed by atoms with E-state index in [2.05, 4.69) is 10.6 Å². The minimum atomic E-state index is -0.260. The molecule has 0 radical (unpaired) electrons. The molecule has 2 amide bonds. The Labute approximate surface area is 153 Å². The number of quaternary nitrogens is 1. The van der Waals surface area contributed by atoms with Gasteiger partial charge in [-0.25, -0.2) is 0 Å². The van der Waals surface area contributed by atoms with Gasteiger partial charge in [0.15, 0.2) is 6.04 Å². The number of amides is 2. The lowest BCUT2D eigenvalue weighted by molar-refractivity contribution is -0.907. The highest BCUT2D eigenvalue weighted by Crippen LogP contribution is 2.09. The Hall–Kier alpha value is -3.17. The summed E-state index contributed by atoms with van der Waals surface area (Å²) in [5.74, 6) is -0.207. The van der Waals surface area contributed by atoms with E-state index in [-0.39, 0.29) is 17.9 Å². The molecule has 2 aromatic rings. The van der Waals surface area contributed by atoms with Crippen LogP contribution >= 0.6 is 0 Å². The maximum absolute atomic E-state index is 12.4. The summed E-state index contributed by atoms with van der Waals surface area (Å²) < 4.78 is 0. The maximum atomic E-state index is 12.4. The van der Waals surface area contributed by atoms with Gasteiger partial charge in [-0.1, -0.05) is 12.1 Å². The van der Waals surface area contributed by atoms with Crippen molar-refractivity contribution in [2.45, 2.75) is 19.5 Å². The van der Waals surface area contributed by atoms with Gasteiger partial charge in [-0.15, -0.1) is 0 Å². The summed E-state index contributed by atoms with van der Waals surface area (Å²) in [5, 5.41) is 14.3. The minimum Gasteiger partial charge on any atom is -0.355 e. The molecule has 2 rings (SSSR count). The van der Waals surface area contributed by atoms with E-state index in [1.807, 2.05) is 32.2 Å². The Morgan fingerprint density at radius 3 is 2.27 bits per heavy atom. The molecule has 1 unspecified atom stereocenters. The first kappa shape index (κ1) is 19.2. The van der Waals surface area contributed by atoms with Crippen LogP contribution in [0.1, 0.15) is 28.4 Å². The lowest BCUT2D eigenvalue weighted by atomic mass is 10.1. The van der Waals surface area contributed by atoms with Gasteiger partial charge in [0.05, 0.1) is 18.7 Å². The van der Waals surface area contributed by atoms with E-state index >= 15 is 0 Å². The molecule has 6 heteroatoms. The van der Waals surface area contributed by atoms with E-state index in [1.165, 1.54) is 0 Å². The lowest BCUT2D eigenvalue weighted by Gasteiger charge is -2.21. The summed E-state index contributed by atoms with van der Waals surface area (Å²) in [4.78, 5) is 25.0. The second-order valence-electron chi connectivity index (χ2n) is 6.20. The third kappa shape index (κ3) is 4.91. The SMILES string of the molecule is CNC(=O)c1ccc(C[NH+](C)[C@@H](C)C(=O)Nc2ccc(C#N)cc2)cc1. The Morgan fingerprint density at radius 1 is 1.12 bits per heavy atom. The fraction of sp³-hybridized carbons (Fsp3) is 0.250. The van der Waals surface area contributed by atoms with Crippen molar-refractivity contribution in [2.24, 2.45) is 0 Å². The van der Waals surface area contributed by atoms with Crippen molar-refractivity contribution in [3.8, 4) is 6.07 Å². The highest BCUT2D eigenvalue weighted by atomic mass is 16.2. The van der Waals surface area contributed by atoms with Crippen LogP contribution in [0.15, 0.2) is 48.5 Å². The molecule has 3 N–H and O–H groups in total. The minimum absolute atomic E-state index is 0.0887. The number of hydrogen-bond acceptors (Lipinski definition) is 3. The van der Waals surface area contributed by atoms with Gasteiger partial charge < -0.3 is 15.5 Å². The summed E-state index contributed by atoms with van der Waals surface area (Å²) in [7, 11) is 3.55. The number of likely N-dealkylation sites (N-methyl/N-ethyl adjacent to an activating group) is 1. The number of hydrogen-bond donors (Lipinski definition) is 3. The van der Waals surface area contributed by atoms with Crippen LogP contribution in [-0.4, -0.2) is 32.0 Å². The zero-order valence-corrected chi connectivity index (χ0v) is 15.2. The second-order valence-corrected chi connectivity index (χ2v) is 6.20. The molecule has 0 heterocycles. The number of nitrogens with zero attached hydrogens (tertiary/aromatic N) is 1. The van der Waals surface area contributed by atoms with Gasteiger partial charge in [0.2, 0.25) is 0 Å². The van der Waals surface area contributed by atoms with Gasteiger partial charge in [-0.05, 0) is 43.3 Å². The molecule has 2 atom stereocenters. The van der Waals surface area contributed by atoms with Crippen molar-refractivity contribution in [2.75, 3.05) is 19.4 Å². The Kier molecular flexibility index (Phi) is 6.48. The van der Waals surface area contributed by atoms with Crippen LogP contribution in [0.5, 0.6) is 0 Å². The highest BCUT2D eigenvalue weighted by molar-refractivity contribution is 5.94. The Balaban J connectivity index is 1.95. The molecule has 0 saturated carbocycles. The molecule has 0 saturated heterocycles. The van der Waals surface area contributed by atoms with Crippen molar-refractivity contribution < 1.29 is 14.5 Å². The lowest BCUT2D eigenvalue weighted by Crippen LogP contribution is -3.12. The number of benzene rings is 2. The summed E-state index contributed by atoms with van der Waals surface area (Å²) >= 11 is 0. The van der Waals surface area contributed by atoms with Gasteiger partial charge in [-0.3, -0.25) is 9.59 Å². The molecule has 0 fully saturated rings. The molecule has 134 valence electrons. The molecule has 26 heavy (non-hydrogen) atoms. The van der Waals surface area contributed by atoms with Crippen molar-refractivity contribution in [3.05, 3.63) is 65.2 Å². The van der Waals surface area contributed by atoms with Crippen molar-refractivity contribution >= 4 is 17.5 Å². The number of nitriles is 1. The molecule has 0 bridgehead atoms. The fourth-order valence-electron chi connectivity index (χ4n) is 2.50. The molecule has 0 aliphatic rings. The third-order valence-corrected chi connectivity index (χ3v) is 4.34. The molecule has 0 aliphatic heterocycles. The van der Waals surface area contributed by atoms with Crippen LogP contribution in [0.3, 0.4) is 0 Å². The van der Waals surface area contributed by atoms with Crippen LogP contribution in [0.25, 0.3) is 0 Å². The van der Waals surface area contributed by atoms with E-state index in [1.54, 1.807) is 43.4 Å². The van der Waals surface area contributed by atoms with Crippen LogP contribution in [0.2, 0.25) is 0 Å². The molecule has 6 nitrogen and oxygen atoms in total. The Morgan fingerprint density at radius 2 is 1.73 bits per heavy atom. The summed E-state index contributed by atoms with van der Waals surface area (Å²) in [6.07, 6.45) is 0. The molecule has 0 spiro atoms. The molecular formula is C20H23N4O2+. The van der Waals surface area contributed by atoms with E-state index in [0.29, 0.717) is 23.4 Å². The molecule has 2 aromatic carbocycles. The van der Waals surface area contributed by atoms with Crippen LogP contribution in [0, 0.1) is 11.3 Å². The normalized spacial score (nSPS) is 12.5. The summed E-state index contributed by atoms with van der Waals surface area (Å²) in [6.45, 7) is 2.53. The quantitative estimate of drug-likeness (QED) is 0.724. The second kappa shape index (κ2) is 8.79. The average Bonchev–Trinajstić information content (AvgIpc) is 2.67. The highest BCUT2D eigenvalue weighted by Gasteiger charge is 2.22. The molecule has 0 aliphatic carbocycles. The largest absolute Gasteiger partial charge is 0.355 e. The smallest absolute Gasteiger partial charge is 0.282 e. The Bertz CT molecular complexity index is 807. The van der Waals surface area contributed by atoms with Crippen molar-refractivity contribution in [1.29, 1.82) is 5.26 Å².